The van der Waals surface area contributed by atoms with Crippen molar-refractivity contribution < 1.29 is 4.55 Å². The van der Waals surface area contributed by atoms with Gasteiger partial charge in [-0.2, -0.15) is 0 Å². The predicted molar refractivity (Wildman–Crippen MR) is 118 cm³/mol. The summed E-state index contributed by atoms with van der Waals surface area (Å²) < 4.78 is 16.5. The minimum Gasteiger partial charge on any atom is -0.808 e. The molecule has 0 saturated carbocycles. The molecule has 0 aliphatic rings. The SMILES string of the molecule is CCCCS(C)([O-])c1sc2nc(-c3nccs3)cc3c2c1[nH]n1c(C)ncc31. The second kappa shape index (κ2) is 6.55. The van der Waals surface area contributed by atoms with Crippen molar-refractivity contribution in [2.45, 2.75) is 30.9 Å². The molecule has 0 bridgehead atoms. The van der Waals surface area contributed by atoms with E-state index in [2.05, 4.69) is 28.1 Å². The Bertz CT molecular complexity index is 1300. The minimum absolute atomic E-state index is 0.690. The smallest absolute Gasteiger partial charge is 0.141 e. The predicted octanol–water partition coefficient (Wildman–Crippen LogP) is 5.58. The molecule has 9 heteroatoms. The molecule has 146 valence electrons. The summed E-state index contributed by atoms with van der Waals surface area (Å²) in [4.78, 5) is 14.7. The number of unbranched alkanes of at least 4 members (excludes halogenated alkanes) is 1. The van der Waals surface area contributed by atoms with Crippen LogP contribution in [-0.2, 0) is 0 Å². The van der Waals surface area contributed by atoms with E-state index in [4.69, 9.17) is 4.98 Å². The molecule has 1 atom stereocenters. The highest BCUT2D eigenvalue weighted by molar-refractivity contribution is 8.29. The number of rotatable bonds is 5. The summed E-state index contributed by atoms with van der Waals surface area (Å²) >= 11 is 3.12. The molecule has 28 heavy (non-hydrogen) atoms. The van der Waals surface area contributed by atoms with Crippen LogP contribution in [0.3, 0.4) is 0 Å². The van der Waals surface area contributed by atoms with Gasteiger partial charge in [-0.3, -0.25) is 15.4 Å². The topological polar surface area (TPSA) is 81.9 Å². The number of nitrogens with zero attached hydrogens (tertiary/aromatic N) is 4. The first-order valence-corrected chi connectivity index (χ1v) is 13.0. The molecular weight excluding hydrogens is 410 g/mol. The van der Waals surface area contributed by atoms with Crippen molar-refractivity contribution in [2.75, 3.05) is 12.0 Å². The van der Waals surface area contributed by atoms with E-state index in [9.17, 15) is 4.55 Å². The van der Waals surface area contributed by atoms with E-state index in [1.807, 2.05) is 29.3 Å². The molecule has 6 nitrogen and oxygen atoms in total. The van der Waals surface area contributed by atoms with E-state index in [1.54, 1.807) is 28.9 Å². The lowest BCUT2D eigenvalue weighted by atomic mass is 10.1. The Morgan fingerprint density at radius 1 is 1.32 bits per heavy atom. The molecule has 1 unspecified atom stereocenters. The third-order valence-corrected chi connectivity index (χ3v) is 10.0. The number of thiophene rings is 1. The number of thiazole rings is 1. The number of fused-ring (bicyclic) bond motifs is 2. The summed E-state index contributed by atoms with van der Waals surface area (Å²) in [6.45, 7) is 4.10. The molecule has 0 amide bonds. The van der Waals surface area contributed by atoms with Crippen LogP contribution in [-0.4, -0.2) is 41.1 Å². The standard InChI is InChI=1S/C19H21N5OS3/c1-4-5-8-28(3,25)19-16-15-12(14-10-21-11(2)24(14)23-16)9-13(22-18(15)27-19)17-20-6-7-26-17/h6-7,9-10,23,25H,4-5,8H2,1-3H3/p-1. The van der Waals surface area contributed by atoms with Crippen LogP contribution < -0.4 is 0 Å². The highest BCUT2D eigenvalue weighted by atomic mass is 32.3. The van der Waals surface area contributed by atoms with Crippen molar-refractivity contribution in [1.82, 2.24) is 24.6 Å². The summed E-state index contributed by atoms with van der Waals surface area (Å²) in [5.41, 5.74) is 2.77. The number of H-pyrrole nitrogens is 1. The molecule has 5 rings (SSSR count). The molecule has 0 aliphatic heterocycles. The number of hydrogen-bond acceptors (Lipinski definition) is 6. The van der Waals surface area contributed by atoms with Gasteiger partial charge >= 0.3 is 0 Å². The van der Waals surface area contributed by atoms with Gasteiger partial charge < -0.3 is 4.55 Å². The van der Waals surface area contributed by atoms with E-state index < -0.39 is 10.3 Å². The van der Waals surface area contributed by atoms with Gasteiger partial charge in [-0.1, -0.05) is 13.3 Å². The summed E-state index contributed by atoms with van der Waals surface area (Å²) in [5, 5.41) is 8.42. The molecule has 0 aliphatic carbocycles. The van der Waals surface area contributed by atoms with E-state index in [-0.39, 0.29) is 0 Å². The first-order valence-electron chi connectivity index (χ1n) is 9.15. The molecule has 0 radical (unpaired) electrons. The molecule has 5 heterocycles. The van der Waals surface area contributed by atoms with Crippen LogP contribution >= 0.6 is 33.0 Å². The molecule has 0 aromatic carbocycles. The second-order valence-electron chi connectivity index (χ2n) is 7.04. The van der Waals surface area contributed by atoms with Crippen LogP contribution in [0.25, 0.3) is 37.3 Å². The average molecular weight is 431 g/mol. The quantitative estimate of drug-likeness (QED) is 0.394. The number of aromatic amines is 1. The van der Waals surface area contributed by atoms with Crippen molar-refractivity contribution in [3.63, 3.8) is 0 Å². The Kier molecular flexibility index (Phi) is 4.24. The van der Waals surface area contributed by atoms with Gasteiger partial charge in [0.15, 0.2) is 0 Å². The Morgan fingerprint density at radius 2 is 2.18 bits per heavy atom. The molecule has 0 spiro atoms. The monoisotopic (exact) mass is 430 g/mol. The van der Waals surface area contributed by atoms with Crippen molar-refractivity contribution in [3.8, 4) is 10.7 Å². The summed E-state index contributed by atoms with van der Waals surface area (Å²) in [7, 11) is -2.16. The van der Waals surface area contributed by atoms with Crippen LogP contribution in [0.15, 0.2) is 28.0 Å². The van der Waals surface area contributed by atoms with Gasteiger partial charge in [0, 0.05) is 22.3 Å². The fraction of sp³-hybridized carbons (Fsp3) is 0.316. The van der Waals surface area contributed by atoms with Gasteiger partial charge in [-0.05, 0) is 31.4 Å². The Labute approximate surface area is 171 Å². The van der Waals surface area contributed by atoms with Gasteiger partial charge in [0.25, 0.3) is 0 Å². The Balaban J connectivity index is 1.88. The van der Waals surface area contributed by atoms with Crippen molar-refractivity contribution in [3.05, 3.63) is 29.7 Å². The highest BCUT2D eigenvalue weighted by Gasteiger charge is 2.22. The van der Waals surface area contributed by atoms with Crippen molar-refractivity contribution >= 4 is 59.6 Å². The maximum absolute atomic E-state index is 13.6. The first-order chi connectivity index (χ1) is 13.5. The lowest BCUT2D eigenvalue weighted by Crippen LogP contribution is -2.03. The molecule has 5 aromatic heterocycles. The molecule has 0 saturated heterocycles. The van der Waals surface area contributed by atoms with Crippen LogP contribution in [0.5, 0.6) is 0 Å². The average Bonchev–Trinajstić information content (AvgIpc) is 3.41. The molecular formula is C19H20N5OS3-. The molecule has 0 fully saturated rings. The van der Waals surface area contributed by atoms with Crippen LogP contribution in [0.2, 0.25) is 0 Å². The zero-order valence-corrected chi connectivity index (χ0v) is 18.3. The van der Waals surface area contributed by atoms with Crippen LogP contribution in [0.4, 0.5) is 0 Å². The van der Waals surface area contributed by atoms with Gasteiger partial charge in [0.05, 0.1) is 21.4 Å². The maximum atomic E-state index is 13.6. The third kappa shape index (κ3) is 2.68. The van der Waals surface area contributed by atoms with Crippen molar-refractivity contribution in [1.29, 1.82) is 0 Å². The van der Waals surface area contributed by atoms with Gasteiger partial charge in [0.1, 0.15) is 21.4 Å². The fourth-order valence-corrected chi connectivity index (χ4v) is 7.82. The number of pyridine rings is 1. The first kappa shape index (κ1) is 18.1. The summed E-state index contributed by atoms with van der Waals surface area (Å²) in [6, 6.07) is 2.08. The van der Waals surface area contributed by atoms with Crippen molar-refractivity contribution in [2.24, 2.45) is 0 Å². The molecule has 5 aromatic rings. The maximum Gasteiger partial charge on any atom is 0.141 e. The number of hydrogen-bond donors (Lipinski definition) is 1. The normalized spacial score (nSPS) is 15.6. The van der Waals surface area contributed by atoms with Gasteiger partial charge in [0.2, 0.25) is 0 Å². The Morgan fingerprint density at radius 3 is 2.93 bits per heavy atom. The minimum atomic E-state index is -2.16. The zero-order chi connectivity index (χ0) is 19.5. The van der Waals surface area contributed by atoms with Crippen LogP contribution in [0.1, 0.15) is 25.6 Å². The second-order valence-corrected chi connectivity index (χ2v) is 12.0. The highest BCUT2D eigenvalue weighted by Crippen LogP contribution is 2.56. The largest absolute Gasteiger partial charge is 0.808 e. The van der Waals surface area contributed by atoms with Gasteiger partial charge in [-0.15, -0.1) is 22.7 Å². The summed E-state index contributed by atoms with van der Waals surface area (Å²) in [6.07, 6.45) is 7.53. The number of imidazole rings is 1. The Hall–Kier alpha value is -1.94. The van der Waals surface area contributed by atoms with E-state index in [1.165, 1.54) is 0 Å². The lowest BCUT2D eigenvalue weighted by Gasteiger charge is -2.42. The lowest BCUT2D eigenvalue weighted by molar-refractivity contribution is 0.586. The number of aryl methyl sites for hydroxylation is 1. The van der Waals surface area contributed by atoms with E-state index in [0.29, 0.717) is 5.75 Å². The zero-order valence-electron chi connectivity index (χ0n) is 15.9. The number of aromatic nitrogens is 5. The fourth-order valence-electron chi connectivity index (χ4n) is 3.54. The van der Waals surface area contributed by atoms with Gasteiger partial charge in [-0.25, -0.2) is 19.5 Å². The van der Waals surface area contributed by atoms with Crippen LogP contribution in [0, 0.1) is 6.92 Å². The third-order valence-electron chi connectivity index (χ3n) is 5.00. The van der Waals surface area contributed by atoms with E-state index in [0.717, 1.165) is 60.2 Å². The number of nitrogens with one attached hydrogen (secondary N) is 1. The van der Waals surface area contributed by atoms with E-state index >= 15 is 0 Å². The molecule has 1 N–H and O–H groups in total. The summed E-state index contributed by atoms with van der Waals surface area (Å²) in [5.74, 6) is 1.56.